The summed E-state index contributed by atoms with van der Waals surface area (Å²) >= 11 is 5.51. The standard InChI is InChI=1S/C16H22N4S/c1-2-19-7-9-20(10-8-19)16(21)18-12-13-11-17-15-6-4-3-5-14(13)15/h3-6,12,17H,2,7-11H2,1H3,(H,18,21)/b13-12-. The Morgan fingerprint density at radius 2 is 2.05 bits per heavy atom. The normalized spacial score (nSPS) is 20.2. The summed E-state index contributed by atoms with van der Waals surface area (Å²) in [6.45, 7) is 8.41. The average Bonchev–Trinajstić information content (AvgIpc) is 2.96. The fraction of sp³-hybridized carbons (Fsp3) is 0.438. The van der Waals surface area contributed by atoms with Gasteiger partial charge in [-0.15, -0.1) is 0 Å². The maximum atomic E-state index is 5.51. The molecular weight excluding hydrogens is 280 g/mol. The molecule has 3 rings (SSSR count). The van der Waals surface area contributed by atoms with Crippen molar-refractivity contribution in [3.05, 3.63) is 36.0 Å². The summed E-state index contributed by atoms with van der Waals surface area (Å²) in [4.78, 5) is 4.71. The third-order valence-corrected chi connectivity index (χ3v) is 4.59. The van der Waals surface area contributed by atoms with Crippen LogP contribution in [0.2, 0.25) is 0 Å². The predicted molar refractivity (Wildman–Crippen MR) is 92.3 cm³/mol. The summed E-state index contributed by atoms with van der Waals surface area (Å²) in [5.41, 5.74) is 3.73. The van der Waals surface area contributed by atoms with Crippen molar-refractivity contribution in [3.63, 3.8) is 0 Å². The predicted octanol–water partition coefficient (Wildman–Crippen LogP) is 1.96. The first-order valence-corrected chi connectivity index (χ1v) is 7.99. The van der Waals surface area contributed by atoms with Gasteiger partial charge in [0.05, 0.1) is 0 Å². The molecule has 0 bridgehead atoms. The van der Waals surface area contributed by atoms with Crippen molar-refractivity contribution in [3.8, 4) is 0 Å². The zero-order valence-electron chi connectivity index (χ0n) is 12.4. The van der Waals surface area contributed by atoms with Crippen LogP contribution in [-0.2, 0) is 0 Å². The fourth-order valence-corrected chi connectivity index (χ4v) is 3.08. The maximum Gasteiger partial charge on any atom is 0.173 e. The van der Waals surface area contributed by atoms with Gasteiger partial charge < -0.3 is 20.4 Å². The third kappa shape index (κ3) is 3.19. The van der Waals surface area contributed by atoms with Gasteiger partial charge in [-0.05, 0) is 30.4 Å². The minimum atomic E-state index is 0.836. The number of nitrogens with zero attached hydrogens (tertiary/aromatic N) is 2. The molecule has 0 unspecified atom stereocenters. The van der Waals surface area contributed by atoms with Crippen LogP contribution in [0.3, 0.4) is 0 Å². The number of hydrogen-bond acceptors (Lipinski definition) is 3. The topological polar surface area (TPSA) is 30.5 Å². The number of benzene rings is 1. The third-order valence-electron chi connectivity index (χ3n) is 4.22. The molecule has 2 aliphatic rings. The molecule has 0 saturated carbocycles. The number of anilines is 1. The minimum absolute atomic E-state index is 0.836. The summed E-state index contributed by atoms with van der Waals surface area (Å²) in [5.74, 6) is 0. The molecule has 2 N–H and O–H groups in total. The molecule has 112 valence electrons. The van der Waals surface area contributed by atoms with Gasteiger partial charge in [0.2, 0.25) is 0 Å². The van der Waals surface area contributed by atoms with E-state index in [0.717, 1.165) is 44.4 Å². The zero-order chi connectivity index (χ0) is 14.7. The Labute approximate surface area is 131 Å². The number of rotatable bonds is 2. The first-order valence-electron chi connectivity index (χ1n) is 7.58. The first kappa shape index (κ1) is 14.4. The second kappa shape index (κ2) is 6.45. The van der Waals surface area contributed by atoms with Gasteiger partial charge in [-0.1, -0.05) is 25.1 Å². The molecule has 0 aromatic heterocycles. The molecule has 2 aliphatic heterocycles. The molecular formula is C16H22N4S. The molecule has 21 heavy (non-hydrogen) atoms. The van der Waals surface area contributed by atoms with Gasteiger partial charge in [-0.25, -0.2) is 0 Å². The average molecular weight is 302 g/mol. The monoisotopic (exact) mass is 302 g/mol. The van der Waals surface area contributed by atoms with E-state index in [1.54, 1.807) is 0 Å². The summed E-state index contributed by atoms with van der Waals surface area (Å²) in [7, 11) is 0. The van der Waals surface area contributed by atoms with Crippen molar-refractivity contribution in [1.29, 1.82) is 0 Å². The van der Waals surface area contributed by atoms with Crippen molar-refractivity contribution >= 4 is 28.6 Å². The highest BCUT2D eigenvalue weighted by molar-refractivity contribution is 7.80. The number of thiocarbonyl (C=S) groups is 1. The lowest BCUT2D eigenvalue weighted by atomic mass is 10.1. The summed E-state index contributed by atoms with van der Waals surface area (Å²) in [6.07, 6.45) is 2.05. The minimum Gasteiger partial charge on any atom is -0.380 e. The van der Waals surface area contributed by atoms with Gasteiger partial charge in [0.25, 0.3) is 0 Å². The van der Waals surface area contributed by atoms with E-state index < -0.39 is 0 Å². The van der Waals surface area contributed by atoms with Crippen LogP contribution < -0.4 is 10.6 Å². The molecule has 1 saturated heterocycles. The van der Waals surface area contributed by atoms with E-state index in [0.29, 0.717) is 0 Å². The van der Waals surface area contributed by atoms with E-state index in [-0.39, 0.29) is 0 Å². The molecule has 0 amide bonds. The van der Waals surface area contributed by atoms with Gasteiger partial charge in [0.1, 0.15) is 0 Å². The maximum absolute atomic E-state index is 5.51. The van der Waals surface area contributed by atoms with E-state index in [1.165, 1.54) is 16.8 Å². The van der Waals surface area contributed by atoms with Gasteiger partial charge in [0.15, 0.2) is 5.11 Å². The van der Waals surface area contributed by atoms with E-state index in [2.05, 4.69) is 51.6 Å². The lowest BCUT2D eigenvalue weighted by molar-refractivity contribution is 0.189. The van der Waals surface area contributed by atoms with Crippen LogP contribution in [-0.4, -0.2) is 54.2 Å². The highest BCUT2D eigenvalue weighted by atomic mass is 32.1. The molecule has 5 heteroatoms. The Balaban J connectivity index is 1.58. The van der Waals surface area contributed by atoms with Crippen LogP contribution in [0.25, 0.3) is 5.57 Å². The smallest absolute Gasteiger partial charge is 0.173 e. The SMILES string of the molecule is CCN1CCN(C(=S)N/C=C2/CNc3ccccc32)CC1. The van der Waals surface area contributed by atoms with Gasteiger partial charge in [0, 0.05) is 50.2 Å². The zero-order valence-corrected chi connectivity index (χ0v) is 13.2. The van der Waals surface area contributed by atoms with Crippen molar-refractivity contribution in [2.75, 3.05) is 44.6 Å². The number of piperazine rings is 1. The van der Waals surface area contributed by atoms with Gasteiger partial charge >= 0.3 is 0 Å². The van der Waals surface area contributed by atoms with Gasteiger partial charge in [-0.2, -0.15) is 0 Å². The quantitative estimate of drug-likeness (QED) is 0.816. The molecule has 1 aromatic carbocycles. The first-order chi connectivity index (χ1) is 10.3. The van der Waals surface area contributed by atoms with Crippen LogP contribution in [0.4, 0.5) is 5.69 Å². The Morgan fingerprint density at radius 1 is 1.29 bits per heavy atom. The summed E-state index contributed by atoms with van der Waals surface area (Å²) < 4.78 is 0. The largest absolute Gasteiger partial charge is 0.380 e. The summed E-state index contributed by atoms with van der Waals surface area (Å²) in [5, 5.41) is 7.54. The number of hydrogen-bond donors (Lipinski definition) is 2. The number of likely N-dealkylation sites (N-methyl/N-ethyl adjacent to an activating group) is 1. The highest BCUT2D eigenvalue weighted by Gasteiger charge is 2.18. The number of para-hydroxylation sites is 1. The molecule has 1 aromatic rings. The number of fused-ring (bicyclic) bond motifs is 1. The molecule has 0 spiro atoms. The van der Waals surface area contributed by atoms with E-state index in [1.807, 2.05) is 6.20 Å². The molecule has 0 atom stereocenters. The van der Waals surface area contributed by atoms with Crippen LogP contribution in [0.15, 0.2) is 30.5 Å². The van der Waals surface area contributed by atoms with Crippen molar-refractivity contribution in [2.24, 2.45) is 0 Å². The van der Waals surface area contributed by atoms with Crippen molar-refractivity contribution in [1.82, 2.24) is 15.1 Å². The van der Waals surface area contributed by atoms with Gasteiger partial charge in [-0.3, -0.25) is 0 Å². The van der Waals surface area contributed by atoms with E-state index >= 15 is 0 Å². The molecule has 4 nitrogen and oxygen atoms in total. The molecule has 0 aliphatic carbocycles. The highest BCUT2D eigenvalue weighted by Crippen LogP contribution is 2.29. The number of nitrogens with one attached hydrogen (secondary N) is 2. The lowest BCUT2D eigenvalue weighted by Gasteiger charge is -2.35. The van der Waals surface area contributed by atoms with Crippen LogP contribution in [0, 0.1) is 0 Å². The fourth-order valence-electron chi connectivity index (χ4n) is 2.84. The van der Waals surface area contributed by atoms with E-state index in [9.17, 15) is 0 Å². The lowest BCUT2D eigenvalue weighted by Crippen LogP contribution is -2.50. The second-order valence-electron chi connectivity index (χ2n) is 5.44. The molecule has 1 fully saturated rings. The van der Waals surface area contributed by atoms with Crippen LogP contribution in [0.1, 0.15) is 12.5 Å². The Hall–Kier alpha value is -1.59. The van der Waals surface area contributed by atoms with Crippen LogP contribution >= 0.6 is 12.2 Å². The second-order valence-corrected chi connectivity index (χ2v) is 5.83. The summed E-state index contributed by atoms with van der Waals surface area (Å²) in [6, 6.07) is 8.38. The van der Waals surface area contributed by atoms with Crippen molar-refractivity contribution in [2.45, 2.75) is 6.92 Å². The Bertz CT molecular complexity index is 547. The van der Waals surface area contributed by atoms with Crippen molar-refractivity contribution < 1.29 is 0 Å². The van der Waals surface area contributed by atoms with E-state index in [4.69, 9.17) is 12.2 Å². The van der Waals surface area contributed by atoms with Crippen LogP contribution in [0.5, 0.6) is 0 Å². The molecule has 2 heterocycles. The Kier molecular flexibility index (Phi) is 4.41. The Morgan fingerprint density at radius 3 is 2.81 bits per heavy atom. The molecule has 0 radical (unpaired) electrons.